The molecule has 1 atom stereocenters. The average Bonchev–Trinajstić information content (AvgIpc) is 2.49. The van der Waals surface area contributed by atoms with Gasteiger partial charge in [0.05, 0.1) is 0 Å². The standard InChI is InChI=1S/C8H12O4.C8H18O/c9-6(10)8(7(11)12)4-2-1-3-5-8;1-3-5-6-8(4-2)7-9/h1-5H2,(H,9,10)(H,11,12);8-9H,3-7H2,1-2H3. The van der Waals surface area contributed by atoms with Crippen molar-refractivity contribution in [3.05, 3.63) is 0 Å². The number of carbonyl (C=O) groups is 2. The van der Waals surface area contributed by atoms with E-state index in [2.05, 4.69) is 13.8 Å². The van der Waals surface area contributed by atoms with Gasteiger partial charge in [0, 0.05) is 6.61 Å². The van der Waals surface area contributed by atoms with Crippen LogP contribution in [0, 0.1) is 11.3 Å². The third-order valence-corrected chi connectivity index (χ3v) is 4.33. The Bertz CT molecular complexity index is 288. The number of carboxylic acids is 2. The molecule has 0 aliphatic heterocycles. The molecule has 0 bridgehead atoms. The zero-order chi connectivity index (χ0) is 16.3. The molecular weight excluding hydrogens is 272 g/mol. The van der Waals surface area contributed by atoms with Crippen LogP contribution in [-0.2, 0) is 9.59 Å². The first-order chi connectivity index (χ1) is 9.94. The summed E-state index contributed by atoms with van der Waals surface area (Å²) < 4.78 is 0. The minimum absolute atomic E-state index is 0.275. The predicted molar refractivity (Wildman–Crippen MR) is 81.2 cm³/mol. The van der Waals surface area contributed by atoms with Gasteiger partial charge in [0.15, 0.2) is 5.41 Å². The van der Waals surface area contributed by atoms with Gasteiger partial charge >= 0.3 is 11.9 Å². The Labute approximate surface area is 127 Å². The van der Waals surface area contributed by atoms with E-state index in [0.717, 1.165) is 12.8 Å². The SMILES string of the molecule is CCCCC(CC)CO.O=C(O)C1(C(=O)O)CCCCC1. The maximum absolute atomic E-state index is 10.7. The minimum Gasteiger partial charge on any atom is -0.480 e. The van der Waals surface area contributed by atoms with Crippen LogP contribution in [0.5, 0.6) is 0 Å². The lowest BCUT2D eigenvalue weighted by Gasteiger charge is -2.28. The smallest absolute Gasteiger partial charge is 0.321 e. The number of carboxylic acid groups (broad SMARTS) is 2. The molecule has 1 aliphatic rings. The van der Waals surface area contributed by atoms with Gasteiger partial charge in [0.25, 0.3) is 0 Å². The van der Waals surface area contributed by atoms with Gasteiger partial charge in [-0.15, -0.1) is 0 Å². The van der Waals surface area contributed by atoms with Crippen LogP contribution in [0.1, 0.15) is 71.6 Å². The molecule has 21 heavy (non-hydrogen) atoms. The van der Waals surface area contributed by atoms with Crippen molar-refractivity contribution < 1.29 is 24.9 Å². The van der Waals surface area contributed by atoms with Crippen molar-refractivity contribution in [2.75, 3.05) is 6.61 Å². The van der Waals surface area contributed by atoms with Crippen LogP contribution >= 0.6 is 0 Å². The molecule has 1 aliphatic carbocycles. The Balaban J connectivity index is 0.000000400. The molecule has 0 saturated heterocycles. The Morgan fingerprint density at radius 2 is 1.57 bits per heavy atom. The molecule has 1 saturated carbocycles. The van der Waals surface area contributed by atoms with Crippen LogP contribution in [0.3, 0.4) is 0 Å². The monoisotopic (exact) mass is 302 g/mol. The molecule has 5 heteroatoms. The summed E-state index contributed by atoms with van der Waals surface area (Å²) in [6.07, 6.45) is 7.74. The number of hydrogen-bond donors (Lipinski definition) is 3. The predicted octanol–water partition coefficient (Wildman–Crippen LogP) is 3.30. The lowest BCUT2D eigenvalue weighted by molar-refractivity contribution is -0.167. The second-order valence-corrected chi connectivity index (χ2v) is 5.85. The van der Waals surface area contributed by atoms with Gasteiger partial charge in [-0.2, -0.15) is 0 Å². The van der Waals surface area contributed by atoms with Gasteiger partial charge in [-0.1, -0.05) is 52.4 Å². The summed E-state index contributed by atoms with van der Waals surface area (Å²) >= 11 is 0. The molecule has 1 unspecified atom stereocenters. The number of aliphatic hydroxyl groups is 1. The number of hydrogen-bond acceptors (Lipinski definition) is 3. The van der Waals surface area contributed by atoms with E-state index in [-0.39, 0.29) is 12.8 Å². The third kappa shape index (κ3) is 6.46. The van der Waals surface area contributed by atoms with Crippen LogP contribution in [-0.4, -0.2) is 33.9 Å². The summed E-state index contributed by atoms with van der Waals surface area (Å²) in [7, 11) is 0. The number of rotatable bonds is 7. The highest BCUT2D eigenvalue weighted by atomic mass is 16.4. The summed E-state index contributed by atoms with van der Waals surface area (Å²) in [5.41, 5.74) is -1.49. The van der Waals surface area contributed by atoms with E-state index >= 15 is 0 Å². The molecule has 0 aromatic heterocycles. The average molecular weight is 302 g/mol. The van der Waals surface area contributed by atoms with Gasteiger partial charge in [0.2, 0.25) is 0 Å². The van der Waals surface area contributed by atoms with Gasteiger partial charge in [-0.25, -0.2) is 0 Å². The van der Waals surface area contributed by atoms with Crippen LogP contribution in [0.15, 0.2) is 0 Å². The number of unbranched alkanes of at least 4 members (excludes halogenated alkanes) is 1. The summed E-state index contributed by atoms with van der Waals surface area (Å²) in [6.45, 7) is 4.69. The highest BCUT2D eigenvalue weighted by Gasteiger charge is 2.46. The van der Waals surface area contributed by atoms with Crippen LogP contribution in [0.4, 0.5) is 0 Å². The first-order valence-corrected chi connectivity index (χ1v) is 8.02. The second-order valence-electron chi connectivity index (χ2n) is 5.85. The summed E-state index contributed by atoms with van der Waals surface area (Å²) in [5.74, 6) is -1.81. The van der Waals surface area contributed by atoms with Crippen LogP contribution in [0.2, 0.25) is 0 Å². The first kappa shape index (κ1) is 19.9. The molecule has 3 N–H and O–H groups in total. The largest absolute Gasteiger partial charge is 0.480 e. The van der Waals surface area contributed by atoms with E-state index in [9.17, 15) is 9.59 Å². The first-order valence-electron chi connectivity index (χ1n) is 8.02. The normalized spacial score (nSPS) is 18.2. The van der Waals surface area contributed by atoms with Crippen molar-refractivity contribution in [3.63, 3.8) is 0 Å². The summed E-state index contributed by atoms with van der Waals surface area (Å²) in [4.78, 5) is 21.5. The van der Waals surface area contributed by atoms with Crippen molar-refractivity contribution in [1.82, 2.24) is 0 Å². The number of aliphatic hydroxyl groups excluding tert-OH is 1. The van der Waals surface area contributed by atoms with Crippen LogP contribution in [0.25, 0.3) is 0 Å². The topological polar surface area (TPSA) is 94.8 Å². The Kier molecular flexibility index (Phi) is 10.0. The van der Waals surface area contributed by atoms with Gasteiger partial charge in [-0.05, 0) is 25.2 Å². The molecule has 0 spiro atoms. The molecule has 0 radical (unpaired) electrons. The van der Waals surface area contributed by atoms with Crippen molar-refractivity contribution in [1.29, 1.82) is 0 Å². The van der Waals surface area contributed by atoms with E-state index < -0.39 is 17.4 Å². The molecule has 5 nitrogen and oxygen atoms in total. The third-order valence-electron chi connectivity index (χ3n) is 4.33. The zero-order valence-electron chi connectivity index (χ0n) is 13.3. The van der Waals surface area contributed by atoms with E-state index in [0.29, 0.717) is 25.4 Å². The molecule has 0 aromatic carbocycles. The molecule has 1 fully saturated rings. The number of aliphatic carboxylic acids is 2. The molecule has 1 rings (SSSR count). The van der Waals surface area contributed by atoms with Crippen LogP contribution < -0.4 is 0 Å². The van der Waals surface area contributed by atoms with E-state index in [4.69, 9.17) is 15.3 Å². The Morgan fingerprint density at radius 1 is 1.05 bits per heavy atom. The van der Waals surface area contributed by atoms with Crippen molar-refractivity contribution in [3.8, 4) is 0 Å². The fourth-order valence-electron chi connectivity index (χ4n) is 2.59. The van der Waals surface area contributed by atoms with Gasteiger partial charge in [0.1, 0.15) is 0 Å². The maximum atomic E-state index is 10.7. The van der Waals surface area contributed by atoms with Crippen molar-refractivity contribution >= 4 is 11.9 Å². The molecule has 0 amide bonds. The Hall–Kier alpha value is -1.10. The van der Waals surface area contributed by atoms with Crippen molar-refractivity contribution in [2.45, 2.75) is 71.6 Å². The Morgan fingerprint density at radius 3 is 1.86 bits per heavy atom. The lowest BCUT2D eigenvalue weighted by atomic mass is 9.74. The fourth-order valence-corrected chi connectivity index (χ4v) is 2.59. The fraction of sp³-hybridized carbons (Fsp3) is 0.875. The molecule has 124 valence electrons. The molecule has 0 aromatic rings. The van der Waals surface area contributed by atoms with E-state index in [1.165, 1.54) is 19.3 Å². The van der Waals surface area contributed by atoms with Gasteiger partial charge < -0.3 is 15.3 Å². The highest BCUT2D eigenvalue weighted by molar-refractivity contribution is 5.98. The second kappa shape index (κ2) is 10.6. The highest BCUT2D eigenvalue weighted by Crippen LogP contribution is 2.36. The molecule has 0 heterocycles. The van der Waals surface area contributed by atoms with E-state index in [1.54, 1.807) is 0 Å². The van der Waals surface area contributed by atoms with Gasteiger partial charge in [-0.3, -0.25) is 9.59 Å². The molecular formula is C16H30O5. The maximum Gasteiger partial charge on any atom is 0.321 e. The summed E-state index contributed by atoms with van der Waals surface area (Å²) in [6, 6.07) is 0. The quantitative estimate of drug-likeness (QED) is 0.627. The lowest BCUT2D eigenvalue weighted by Crippen LogP contribution is -2.40. The van der Waals surface area contributed by atoms with Crippen molar-refractivity contribution in [2.24, 2.45) is 11.3 Å². The van der Waals surface area contributed by atoms with E-state index in [1.807, 2.05) is 0 Å². The summed E-state index contributed by atoms with van der Waals surface area (Å²) in [5, 5.41) is 26.3. The zero-order valence-corrected chi connectivity index (χ0v) is 13.3. The minimum atomic E-state index is -1.49.